The minimum atomic E-state index is -3.47. The number of hydrogen-bond acceptors (Lipinski definition) is 9. The number of ether oxygens (including phenoxy) is 1. The number of carbonyl (C=O) groups is 3. The summed E-state index contributed by atoms with van der Waals surface area (Å²) in [4.78, 5) is 38.1. The van der Waals surface area contributed by atoms with Crippen LogP contribution < -0.4 is 10.2 Å². The lowest BCUT2D eigenvalue weighted by Gasteiger charge is -2.22. The Morgan fingerprint density at radius 1 is 1.28 bits per heavy atom. The number of furan rings is 1. The van der Waals surface area contributed by atoms with E-state index in [0.717, 1.165) is 17.4 Å². The maximum atomic E-state index is 12.2. The van der Waals surface area contributed by atoms with Gasteiger partial charge in [0.1, 0.15) is 0 Å². The van der Waals surface area contributed by atoms with Crippen LogP contribution in [0.15, 0.2) is 50.3 Å². The van der Waals surface area contributed by atoms with Gasteiger partial charge in [-0.05, 0) is 42.1 Å². The smallest absolute Gasteiger partial charge is 0.338 e. The Morgan fingerprint density at radius 3 is 2.86 bits per heavy atom. The van der Waals surface area contributed by atoms with Crippen LogP contribution in [0.3, 0.4) is 0 Å². The molecule has 29 heavy (non-hydrogen) atoms. The largest absolute Gasteiger partial charge is 0.459 e. The summed E-state index contributed by atoms with van der Waals surface area (Å²) in [6.07, 6.45) is 1.29. The summed E-state index contributed by atoms with van der Waals surface area (Å²) in [5.41, 5.74) is 0.937. The van der Waals surface area contributed by atoms with Crippen LogP contribution in [-0.2, 0) is 19.6 Å². The van der Waals surface area contributed by atoms with Gasteiger partial charge in [-0.1, -0.05) is 0 Å². The number of nitrogens with one attached hydrogen (secondary N) is 1. The fraction of sp³-hybridized carbons (Fsp3) is 0.176. The molecule has 1 aromatic heterocycles. The molecular formula is C17H13N3O7S2. The van der Waals surface area contributed by atoms with Gasteiger partial charge in [-0.25, -0.2) is 13.2 Å². The zero-order valence-corrected chi connectivity index (χ0v) is 16.3. The fourth-order valence-electron chi connectivity index (χ4n) is 2.70. The van der Waals surface area contributed by atoms with Crippen molar-refractivity contribution in [3.8, 4) is 0 Å². The topological polar surface area (TPSA) is 135 Å². The molecule has 1 aromatic carbocycles. The molecule has 0 bridgehead atoms. The maximum Gasteiger partial charge on any atom is 0.338 e. The Hall–Kier alpha value is -3.12. The molecule has 12 heteroatoms. The first-order valence-corrected chi connectivity index (χ1v) is 10.7. The average Bonchev–Trinajstić information content (AvgIpc) is 3.32. The summed E-state index contributed by atoms with van der Waals surface area (Å²) in [6, 6.07) is 7.61. The van der Waals surface area contributed by atoms with Crippen LogP contribution in [0, 0.1) is 0 Å². The molecule has 1 N–H and O–H groups in total. The van der Waals surface area contributed by atoms with E-state index in [-0.39, 0.29) is 23.6 Å². The molecule has 0 aliphatic carbocycles. The summed E-state index contributed by atoms with van der Waals surface area (Å²) in [5, 5.41) is 2.38. The van der Waals surface area contributed by atoms with Crippen molar-refractivity contribution >= 4 is 50.4 Å². The van der Waals surface area contributed by atoms with E-state index >= 15 is 0 Å². The third-order valence-corrected chi connectivity index (χ3v) is 6.35. The molecule has 0 saturated heterocycles. The molecule has 0 radical (unpaired) electrons. The Kier molecular flexibility index (Phi) is 4.88. The molecule has 150 valence electrons. The van der Waals surface area contributed by atoms with Crippen LogP contribution in [0.4, 0.5) is 5.69 Å². The number of hydrogen-bond donors (Lipinski definition) is 1. The minimum Gasteiger partial charge on any atom is -0.459 e. The second-order valence-electron chi connectivity index (χ2n) is 6.03. The van der Waals surface area contributed by atoms with Crippen LogP contribution in [-0.4, -0.2) is 50.3 Å². The highest BCUT2D eigenvalue weighted by molar-refractivity contribution is 8.15. The summed E-state index contributed by atoms with van der Waals surface area (Å²) >= 11 is 1.14. The van der Waals surface area contributed by atoms with E-state index in [1.54, 1.807) is 17.0 Å². The molecule has 2 aromatic rings. The molecule has 2 aliphatic rings. The van der Waals surface area contributed by atoms with Crippen molar-refractivity contribution in [2.75, 3.05) is 23.8 Å². The minimum absolute atomic E-state index is 0.0401. The Balaban J connectivity index is 1.39. The predicted molar refractivity (Wildman–Crippen MR) is 102 cm³/mol. The van der Waals surface area contributed by atoms with E-state index < -0.39 is 34.4 Å². The third kappa shape index (κ3) is 4.03. The lowest BCUT2D eigenvalue weighted by atomic mass is 10.2. The number of esters is 1. The number of anilines is 1. The molecule has 10 nitrogen and oxygen atoms in total. The van der Waals surface area contributed by atoms with E-state index in [1.165, 1.54) is 24.5 Å². The number of thioether (sulfide) groups is 1. The molecule has 0 unspecified atom stereocenters. The van der Waals surface area contributed by atoms with Gasteiger partial charge in [-0.15, -0.1) is 4.40 Å². The summed E-state index contributed by atoms with van der Waals surface area (Å²) in [7, 11) is -3.47. The maximum absolute atomic E-state index is 12.2. The van der Waals surface area contributed by atoms with E-state index in [9.17, 15) is 22.8 Å². The quantitative estimate of drug-likeness (QED) is 0.698. The van der Waals surface area contributed by atoms with Crippen molar-refractivity contribution < 1.29 is 32.0 Å². The van der Waals surface area contributed by atoms with Gasteiger partial charge in [0.15, 0.2) is 17.5 Å². The number of amides is 2. The number of rotatable bonds is 4. The molecular weight excluding hydrogens is 422 g/mol. The van der Waals surface area contributed by atoms with Gasteiger partial charge in [-0.2, -0.15) is 0 Å². The fourth-order valence-corrected chi connectivity index (χ4v) is 5.00. The lowest BCUT2D eigenvalue weighted by Crippen LogP contribution is -2.35. The zero-order chi connectivity index (χ0) is 20.6. The van der Waals surface area contributed by atoms with Gasteiger partial charge in [0.2, 0.25) is 0 Å². The van der Waals surface area contributed by atoms with Gasteiger partial charge in [0.25, 0.3) is 21.8 Å². The van der Waals surface area contributed by atoms with Crippen LogP contribution in [0.1, 0.15) is 20.9 Å². The Bertz CT molecular complexity index is 1140. The number of benzene rings is 1. The monoisotopic (exact) mass is 435 g/mol. The first-order valence-electron chi connectivity index (χ1n) is 8.29. The normalized spacial score (nSPS) is 16.4. The van der Waals surface area contributed by atoms with E-state index in [4.69, 9.17) is 9.15 Å². The Morgan fingerprint density at radius 2 is 2.10 bits per heavy atom. The van der Waals surface area contributed by atoms with Crippen molar-refractivity contribution in [3.63, 3.8) is 0 Å². The second-order valence-corrected chi connectivity index (χ2v) is 8.79. The number of sulfonamides is 1. The van der Waals surface area contributed by atoms with E-state index in [2.05, 4.69) is 4.40 Å². The molecule has 2 aliphatic heterocycles. The number of fused-ring (bicyclic) bond motifs is 3. The van der Waals surface area contributed by atoms with E-state index in [0.29, 0.717) is 10.1 Å². The third-order valence-electron chi connectivity index (χ3n) is 4.04. The molecule has 0 atom stereocenters. The number of nitrogens with zero attached hydrogens (tertiary/aromatic N) is 2. The SMILES string of the molecule is O=C(COC(=O)c1ccc2c(c1)SC1=NS(=O)(=O)CCN12)NC(=O)c1ccco1. The van der Waals surface area contributed by atoms with E-state index in [1.807, 2.05) is 5.32 Å². The van der Waals surface area contributed by atoms with Crippen molar-refractivity contribution in [3.05, 3.63) is 47.9 Å². The Labute approximate surface area is 169 Å². The van der Waals surface area contributed by atoms with Crippen LogP contribution in [0.5, 0.6) is 0 Å². The van der Waals surface area contributed by atoms with Crippen molar-refractivity contribution in [1.82, 2.24) is 5.32 Å². The average molecular weight is 435 g/mol. The van der Waals surface area contributed by atoms with Crippen molar-refractivity contribution in [2.45, 2.75) is 4.90 Å². The van der Waals surface area contributed by atoms with Gasteiger partial charge in [0.05, 0.1) is 23.3 Å². The standard InChI is InChI=1S/C17H13N3O7S2/c21-14(18-15(22)12-2-1-6-26-12)9-27-16(23)10-3-4-11-13(8-10)28-17-19-29(24,25)7-5-20(11)17/h1-4,6,8H,5,7,9H2,(H,18,21,22). The predicted octanol–water partition coefficient (Wildman–Crippen LogP) is 1.00. The van der Waals surface area contributed by atoms with Crippen LogP contribution in [0.2, 0.25) is 0 Å². The first kappa shape index (κ1) is 19.2. The van der Waals surface area contributed by atoms with Crippen LogP contribution in [0.25, 0.3) is 0 Å². The zero-order valence-electron chi connectivity index (χ0n) is 14.7. The summed E-state index contributed by atoms with van der Waals surface area (Å²) in [6.45, 7) is -0.360. The highest BCUT2D eigenvalue weighted by atomic mass is 32.2. The van der Waals surface area contributed by atoms with Gasteiger partial charge in [-0.3, -0.25) is 14.9 Å². The highest BCUT2D eigenvalue weighted by Crippen LogP contribution is 2.42. The molecule has 0 saturated carbocycles. The summed E-state index contributed by atoms with van der Waals surface area (Å²) in [5.74, 6) is -2.41. The molecule has 0 spiro atoms. The van der Waals surface area contributed by atoms with Crippen molar-refractivity contribution in [2.24, 2.45) is 4.40 Å². The molecule has 0 fully saturated rings. The van der Waals surface area contributed by atoms with Gasteiger partial charge in [0, 0.05) is 11.4 Å². The highest BCUT2D eigenvalue weighted by Gasteiger charge is 2.33. The molecule has 3 heterocycles. The second kappa shape index (κ2) is 7.37. The number of carbonyl (C=O) groups excluding carboxylic acids is 3. The molecule has 2 amide bonds. The number of amidine groups is 1. The lowest BCUT2D eigenvalue weighted by molar-refractivity contribution is -0.123. The molecule has 4 rings (SSSR count). The first-order chi connectivity index (χ1) is 13.8. The van der Waals surface area contributed by atoms with Gasteiger partial charge >= 0.3 is 5.97 Å². The van der Waals surface area contributed by atoms with Crippen LogP contribution >= 0.6 is 11.8 Å². The number of imide groups is 1. The van der Waals surface area contributed by atoms with Crippen molar-refractivity contribution in [1.29, 1.82) is 0 Å². The van der Waals surface area contributed by atoms with Gasteiger partial charge < -0.3 is 14.1 Å². The summed E-state index contributed by atoms with van der Waals surface area (Å²) < 4.78 is 36.8.